The fourth-order valence-corrected chi connectivity index (χ4v) is 2.60. The van der Waals surface area contributed by atoms with Gasteiger partial charge in [0.1, 0.15) is 5.75 Å². The number of hydrogen-bond donors (Lipinski definition) is 1. The van der Waals surface area contributed by atoms with Crippen molar-refractivity contribution in [1.29, 1.82) is 0 Å². The largest absolute Gasteiger partial charge is 0.493 e. The molecule has 3 heteroatoms. The highest BCUT2D eigenvalue weighted by Gasteiger charge is 2.04. The van der Waals surface area contributed by atoms with Gasteiger partial charge in [-0.05, 0) is 43.1 Å². The van der Waals surface area contributed by atoms with E-state index in [9.17, 15) is 0 Å². The number of ether oxygens (including phenoxy) is 1. The molecule has 2 nitrogen and oxygen atoms in total. The van der Waals surface area contributed by atoms with Crippen molar-refractivity contribution in [3.8, 4) is 5.75 Å². The highest BCUT2D eigenvalue weighted by atomic mass is 79.9. The van der Waals surface area contributed by atoms with Crippen LogP contribution in [0, 0.1) is 0 Å². The van der Waals surface area contributed by atoms with E-state index < -0.39 is 0 Å². The van der Waals surface area contributed by atoms with E-state index in [0.717, 1.165) is 42.8 Å². The van der Waals surface area contributed by atoms with Gasteiger partial charge in [0.15, 0.2) is 0 Å². The van der Waals surface area contributed by atoms with Gasteiger partial charge in [0.05, 0.1) is 6.61 Å². The lowest BCUT2D eigenvalue weighted by Crippen LogP contribution is -2.13. The molecule has 0 saturated carbocycles. The van der Waals surface area contributed by atoms with Crippen molar-refractivity contribution in [3.05, 3.63) is 64.1 Å². The van der Waals surface area contributed by atoms with E-state index in [1.165, 1.54) is 11.1 Å². The predicted molar refractivity (Wildman–Crippen MR) is 91.8 cm³/mol. The number of rotatable bonds is 8. The Balaban J connectivity index is 1.84. The van der Waals surface area contributed by atoms with Gasteiger partial charge in [-0.25, -0.2) is 0 Å². The summed E-state index contributed by atoms with van der Waals surface area (Å²) in [5.41, 5.74) is 2.57. The number of nitrogens with one attached hydrogen (secondary N) is 1. The average molecular weight is 348 g/mol. The first-order valence-corrected chi connectivity index (χ1v) is 8.24. The molecule has 0 fully saturated rings. The fraction of sp³-hybridized carbons (Fsp3) is 0.333. The highest BCUT2D eigenvalue weighted by molar-refractivity contribution is 9.10. The van der Waals surface area contributed by atoms with Crippen molar-refractivity contribution in [2.24, 2.45) is 0 Å². The molecule has 0 radical (unpaired) electrons. The van der Waals surface area contributed by atoms with Crippen LogP contribution < -0.4 is 10.1 Å². The van der Waals surface area contributed by atoms with Crippen molar-refractivity contribution >= 4 is 15.9 Å². The Labute approximate surface area is 135 Å². The Morgan fingerprint density at radius 1 is 1.10 bits per heavy atom. The molecule has 112 valence electrons. The second-order valence-electron chi connectivity index (χ2n) is 4.97. The molecule has 0 aliphatic heterocycles. The van der Waals surface area contributed by atoms with E-state index in [2.05, 4.69) is 64.6 Å². The van der Waals surface area contributed by atoms with Gasteiger partial charge in [-0.2, -0.15) is 0 Å². The quantitative estimate of drug-likeness (QED) is 0.706. The summed E-state index contributed by atoms with van der Waals surface area (Å²) in [6, 6.07) is 16.7. The minimum absolute atomic E-state index is 0.746. The van der Waals surface area contributed by atoms with E-state index in [1.54, 1.807) is 0 Å². The number of aryl methyl sites for hydroxylation is 1. The van der Waals surface area contributed by atoms with Crippen LogP contribution in [0.25, 0.3) is 0 Å². The first kappa shape index (κ1) is 16.1. The maximum Gasteiger partial charge on any atom is 0.123 e. The van der Waals surface area contributed by atoms with Crippen molar-refractivity contribution in [2.45, 2.75) is 26.3 Å². The lowest BCUT2D eigenvalue weighted by molar-refractivity contribution is 0.307. The summed E-state index contributed by atoms with van der Waals surface area (Å²) in [5.74, 6) is 0.979. The number of benzene rings is 2. The minimum Gasteiger partial charge on any atom is -0.493 e. The van der Waals surface area contributed by atoms with Crippen LogP contribution in [0.3, 0.4) is 0 Å². The van der Waals surface area contributed by atoms with Crippen LogP contribution >= 0.6 is 15.9 Å². The van der Waals surface area contributed by atoms with E-state index in [0.29, 0.717) is 0 Å². The molecule has 0 aliphatic rings. The topological polar surface area (TPSA) is 21.3 Å². The maximum absolute atomic E-state index is 5.95. The molecule has 2 rings (SSSR count). The summed E-state index contributed by atoms with van der Waals surface area (Å²) < 4.78 is 7.04. The predicted octanol–water partition coefficient (Wildman–Crippen LogP) is 4.57. The third-order valence-electron chi connectivity index (χ3n) is 3.30. The minimum atomic E-state index is 0.746. The molecule has 0 aromatic heterocycles. The summed E-state index contributed by atoms with van der Waals surface area (Å²) in [7, 11) is 0. The Morgan fingerprint density at radius 2 is 1.90 bits per heavy atom. The standard InChI is InChI=1S/C18H22BrNO/c1-2-20-14-16-13-17(19)10-11-18(16)21-12-6-9-15-7-4-3-5-8-15/h3-5,7-8,10-11,13,20H,2,6,9,12,14H2,1H3. The van der Waals surface area contributed by atoms with E-state index in [1.807, 2.05) is 12.1 Å². The van der Waals surface area contributed by atoms with Crippen molar-refractivity contribution < 1.29 is 4.74 Å². The molecule has 21 heavy (non-hydrogen) atoms. The zero-order chi connectivity index (χ0) is 14.9. The zero-order valence-electron chi connectivity index (χ0n) is 12.4. The molecule has 0 amide bonds. The van der Waals surface area contributed by atoms with Gasteiger partial charge in [0.2, 0.25) is 0 Å². The van der Waals surface area contributed by atoms with Crippen LogP contribution in [0.5, 0.6) is 5.75 Å². The lowest BCUT2D eigenvalue weighted by Gasteiger charge is -2.12. The highest BCUT2D eigenvalue weighted by Crippen LogP contribution is 2.23. The SMILES string of the molecule is CCNCc1cc(Br)ccc1OCCCc1ccccc1. The second-order valence-corrected chi connectivity index (χ2v) is 5.89. The molecule has 0 unspecified atom stereocenters. The summed E-state index contributed by atoms with van der Waals surface area (Å²) in [6.45, 7) is 4.65. The molecule has 0 atom stereocenters. The fourth-order valence-electron chi connectivity index (χ4n) is 2.19. The molecule has 0 spiro atoms. The van der Waals surface area contributed by atoms with Crippen LogP contribution in [0.1, 0.15) is 24.5 Å². The normalized spacial score (nSPS) is 10.6. The van der Waals surface area contributed by atoms with Crippen LogP contribution in [0.15, 0.2) is 53.0 Å². The summed E-state index contributed by atoms with van der Waals surface area (Å²) in [5, 5.41) is 3.35. The second kappa shape index (κ2) is 8.85. The molecular weight excluding hydrogens is 326 g/mol. The van der Waals surface area contributed by atoms with Crippen molar-refractivity contribution in [2.75, 3.05) is 13.2 Å². The molecule has 0 bridgehead atoms. The molecule has 2 aromatic carbocycles. The monoisotopic (exact) mass is 347 g/mol. The molecule has 0 aliphatic carbocycles. The van der Waals surface area contributed by atoms with Crippen LogP contribution in [-0.2, 0) is 13.0 Å². The van der Waals surface area contributed by atoms with Gasteiger partial charge in [-0.15, -0.1) is 0 Å². The van der Waals surface area contributed by atoms with Crippen LogP contribution in [-0.4, -0.2) is 13.2 Å². The zero-order valence-corrected chi connectivity index (χ0v) is 14.0. The third-order valence-corrected chi connectivity index (χ3v) is 3.79. The Hall–Kier alpha value is -1.32. The molecule has 2 aromatic rings. The van der Waals surface area contributed by atoms with Gasteiger partial charge in [-0.3, -0.25) is 0 Å². The Morgan fingerprint density at radius 3 is 2.67 bits per heavy atom. The first-order chi connectivity index (χ1) is 10.3. The van der Waals surface area contributed by atoms with Gasteiger partial charge in [0, 0.05) is 16.6 Å². The van der Waals surface area contributed by atoms with Gasteiger partial charge in [0.25, 0.3) is 0 Å². The average Bonchev–Trinajstić information content (AvgIpc) is 2.52. The van der Waals surface area contributed by atoms with Crippen molar-refractivity contribution in [1.82, 2.24) is 5.32 Å². The smallest absolute Gasteiger partial charge is 0.123 e. The lowest BCUT2D eigenvalue weighted by atomic mass is 10.1. The van der Waals surface area contributed by atoms with Gasteiger partial charge < -0.3 is 10.1 Å². The molecule has 0 saturated heterocycles. The van der Waals surface area contributed by atoms with Crippen LogP contribution in [0.4, 0.5) is 0 Å². The maximum atomic E-state index is 5.95. The van der Waals surface area contributed by atoms with Gasteiger partial charge >= 0.3 is 0 Å². The number of halogens is 1. The van der Waals surface area contributed by atoms with Crippen molar-refractivity contribution in [3.63, 3.8) is 0 Å². The number of hydrogen-bond acceptors (Lipinski definition) is 2. The summed E-state index contributed by atoms with van der Waals surface area (Å²) in [6.07, 6.45) is 2.08. The van der Waals surface area contributed by atoms with Gasteiger partial charge in [-0.1, -0.05) is 53.2 Å². The molecular formula is C18H22BrNO. The summed E-state index contributed by atoms with van der Waals surface area (Å²) in [4.78, 5) is 0. The molecule has 1 N–H and O–H groups in total. The Kier molecular flexibility index (Phi) is 6.77. The van der Waals surface area contributed by atoms with E-state index >= 15 is 0 Å². The molecule has 0 heterocycles. The van der Waals surface area contributed by atoms with Crippen LogP contribution in [0.2, 0.25) is 0 Å². The summed E-state index contributed by atoms with van der Waals surface area (Å²) >= 11 is 3.52. The first-order valence-electron chi connectivity index (χ1n) is 7.45. The Bertz CT molecular complexity index is 542. The third kappa shape index (κ3) is 5.52. The van der Waals surface area contributed by atoms with E-state index in [4.69, 9.17) is 4.74 Å². The van der Waals surface area contributed by atoms with E-state index in [-0.39, 0.29) is 0 Å².